The lowest BCUT2D eigenvalue weighted by molar-refractivity contribution is 0.0996. The molecule has 0 saturated heterocycles. The van der Waals surface area contributed by atoms with Gasteiger partial charge in [0.1, 0.15) is 23.2 Å². The standard InChI is InChI=1S/C24H32N8O/c1-7-11-31-16(5)28-29-23(31)19-9-8-10-20(26-19)32-13-18-17(24(32)33)12-21(30(6)14(2)3)27-22(18)15(4)25/h8-10,12,14-15H,7,11,13,25H2,1-6H3/t15-/m0/s1. The van der Waals surface area contributed by atoms with Crippen molar-refractivity contribution in [2.75, 3.05) is 16.8 Å². The smallest absolute Gasteiger partial charge is 0.260 e. The second kappa shape index (κ2) is 8.90. The van der Waals surface area contributed by atoms with Gasteiger partial charge in [-0.3, -0.25) is 9.69 Å². The first kappa shape index (κ1) is 22.8. The first-order chi connectivity index (χ1) is 15.7. The monoisotopic (exact) mass is 448 g/mol. The van der Waals surface area contributed by atoms with E-state index >= 15 is 0 Å². The summed E-state index contributed by atoms with van der Waals surface area (Å²) in [5, 5.41) is 8.55. The molecule has 1 amide bonds. The summed E-state index contributed by atoms with van der Waals surface area (Å²) in [5.41, 5.74) is 9.21. The van der Waals surface area contributed by atoms with Crippen LogP contribution in [-0.2, 0) is 13.1 Å². The van der Waals surface area contributed by atoms with Crippen LogP contribution in [0.1, 0.15) is 67.6 Å². The number of carbonyl (C=O) groups is 1. The molecule has 9 heteroatoms. The van der Waals surface area contributed by atoms with E-state index in [9.17, 15) is 4.79 Å². The Morgan fingerprint density at radius 2 is 1.94 bits per heavy atom. The number of nitrogens with zero attached hydrogens (tertiary/aromatic N) is 7. The second-order valence-electron chi connectivity index (χ2n) is 8.88. The maximum atomic E-state index is 13.5. The maximum Gasteiger partial charge on any atom is 0.260 e. The molecule has 9 nitrogen and oxygen atoms in total. The fourth-order valence-electron chi connectivity index (χ4n) is 4.08. The van der Waals surface area contributed by atoms with E-state index in [1.807, 2.05) is 50.1 Å². The molecule has 0 radical (unpaired) electrons. The van der Waals surface area contributed by atoms with Crippen LogP contribution in [-0.4, -0.2) is 43.7 Å². The van der Waals surface area contributed by atoms with Gasteiger partial charge in [0.05, 0.1) is 17.8 Å². The zero-order valence-corrected chi connectivity index (χ0v) is 20.2. The normalized spacial score (nSPS) is 14.2. The van der Waals surface area contributed by atoms with Gasteiger partial charge in [-0.25, -0.2) is 9.97 Å². The Kier molecular flexibility index (Phi) is 6.16. The van der Waals surface area contributed by atoms with Gasteiger partial charge in [0.2, 0.25) is 0 Å². The summed E-state index contributed by atoms with van der Waals surface area (Å²) in [7, 11) is 1.97. The molecule has 1 aliphatic heterocycles. The van der Waals surface area contributed by atoms with Gasteiger partial charge in [-0.1, -0.05) is 13.0 Å². The third-order valence-electron chi connectivity index (χ3n) is 6.12. The number of amides is 1. The van der Waals surface area contributed by atoms with E-state index in [2.05, 4.69) is 35.5 Å². The van der Waals surface area contributed by atoms with Crippen molar-refractivity contribution >= 4 is 17.5 Å². The summed E-state index contributed by atoms with van der Waals surface area (Å²) in [4.78, 5) is 26.8. The molecule has 0 aliphatic carbocycles. The minimum Gasteiger partial charge on any atom is -0.357 e. The Labute approximate surface area is 194 Å². The molecular formula is C24H32N8O. The number of hydrogen-bond donors (Lipinski definition) is 1. The fourth-order valence-corrected chi connectivity index (χ4v) is 4.08. The van der Waals surface area contributed by atoms with Gasteiger partial charge in [-0.2, -0.15) is 0 Å². The Balaban J connectivity index is 1.74. The third kappa shape index (κ3) is 4.08. The molecule has 1 atom stereocenters. The van der Waals surface area contributed by atoms with E-state index in [-0.39, 0.29) is 18.0 Å². The lowest BCUT2D eigenvalue weighted by atomic mass is 10.0. The van der Waals surface area contributed by atoms with Gasteiger partial charge >= 0.3 is 0 Å². The number of fused-ring (bicyclic) bond motifs is 1. The molecule has 3 aromatic rings. The van der Waals surface area contributed by atoms with Crippen LogP contribution in [0.5, 0.6) is 0 Å². The van der Waals surface area contributed by atoms with E-state index in [1.54, 1.807) is 4.90 Å². The third-order valence-corrected chi connectivity index (χ3v) is 6.12. The van der Waals surface area contributed by atoms with Crippen LogP contribution < -0.4 is 15.5 Å². The quantitative estimate of drug-likeness (QED) is 0.590. The largest absolute Gasteiger partial charge is 0.357 e. The first-order valence-corrected chi connectivity index (χ1v) is 11.4. The van der Waals surface area contributed by atoms with Gasteiger partial charge in [-0.05, 0) is 52.3 Å². The summed E-state index contributed by atoms with van der Waals surface area (Å²) in [6, 6.07) is 7.47. The number of aromatic nitrogens is 5. The number of hydrogen-bond acceptors (Lipinski definition) is 7. The van der Waals surface area contributed by atoms with Crippen molar-refractivity contribution in [1.29, 1.82) is 0 Å². The molecule has 4 rings (SSSR count). The topological polar surface area (TPSA) is 106 Å². The van der Waals surface area contributed by atoms with Crippen LogP contribution in [0.25, 0.3) is 11.5 Å². The van der Waals surface area contributed by atoms with Crippen LogP contribution in [0.15, 0.2) is 24.3 Å². The maximum absolute atomic E-state index is 13.5. The SMILES string of the molecule is CCCn1c(C)nnc1-c1cccc(N2Cc3c(cc(N(C)C(C)C)nc3[C@H](C)N)C2=O)n1. The van der Waals surface area contributed by atoms with Crippen molar-refractivity contribution in [3.8, 4) is 11.5 Å². The molecule has 174 valence electrons. The highest BCUT2D eigenvalue weighted by Gasteiger charge is 2.34. The van der Waals surface area contributed by atoms with E-state index in [0.29, 0.717) is 29.4 Å². The summed E-state index contributed by atoms with van der Waals surface area (Å²) in [5.74, 6) is 2.78. The number of nitrogens with two attached hydrogens (primary N) is 1. The number of pyridine rings is 2. The first-order valence-electron chi connectivity index (χ1n) is 11.4. The Bertz CT molecular complexity index is 1180. The Morgan fingerprint density at radius 3 is 2.61 bits per heavy atom. The van der Waals surface area contributed by atoms with Crippen molar-refractivity contribution in [2.24, 2.45) is 5.73 Å². The lowest BCUT2D eigenvalue weighted by Crippen LogP contribution is -2.28. The number of anilines is 2. The van der Waals surface area contributed by atoms with Crippen molar-refractivity contribution in [3.63, 3.8) is 0 Å². The second-order valence-corrected chi connectivity index (χ2v) is 8.88. The highest BCUT2D eigenvalue weighted by molar-refractivity contribution is 6.10. The van der Waals surface area contributed by atoms with Crippen LogP contribution >= 0.6 is 0 Å². The minimum absolute atomic E-state index is 0.0939. The van der Waals surface area contributed by atoms with Gasteiger partial charge in [0, 0.05) is 31.2 Å². The molecule has 2 N–H and O–H groups in total. The molecule has 0 fully saturated rings. The highest BCUT2D eigenvalue weighted by Crippen LogP contribution is 2.34. The average Bonchev–Trinajstić information content (AvgIpc) is 3.32. The number of rotatable bonds is 7. The molecule has 0 bridgehead atoms. The van der Waals surface area contributed by atoms with Crippen molar-refractivity contribution in [1.82, 2.24) is 24.7 Å². The van der Waals surface area contributed by atoms with Gasteiger partial charge in [0.25, 0.3) is 5.91 Å². The summed E-state index contributed by atoms with van der Waals surface area (Å²) in [6.45, 7) is 11.3. The minimum atomic E-state index is -0.290. The van der Waals surface area contributed by atoms with Crippen molar-refractivity contribution < 1.29 is 4.79 Å². The van der Waals surface area contributed by atoms with Crippen LogP contribution in [0, 0.1) is 6.92 Å². The molecule has 0 unspecified atom stereocenters. The molecular weight excluding hydrogens is 416 g/mol. The van der Waals surface area contributed by atoms with E-state index in [0.717, 1.165) is 35.9 Å². The van der Waals surface area contributed by atoms with Gasteiger partial charge in [-0.15, -0.1) is 10.2 Å². The molecule has 0 spiro atoms. The zero-order chi connectivity index (χ0) is 23.9. The summed E-state index contributed by atoms with van der Waals surface area (Å²) >= 11 is 0. The summed E-state index contributed by atoms with van der Waals surface area (Å²) < 4.78 is 2.05. The van der Waals surface area contributed by atoms with Crippen molar-refractivity contribution in [2.45, 2.75) is 66.2 Å². The van der Waals surface area contributed by atoms with Gasteiger partial charge < -0.3 is 15.2 Å². The molecule has 0 aromatic carbocycles. The Morgan fingerprint density at radius 1 is 1.18 bits per heavy atom. The average molecular weight is 449 g/mol. The molecule has 0 saturated carbocycles. The lowest BCUT2D eigenvalue weighted by Gasteiger charge is -2.24. The van der Waals surface area contributed by atoms with Crippen molar-refractivity contribution in [3.05, 3.63) is 46.9 Å². The predicted molar refractivity (Wildman–Crippen MR) is 129 cm³/mol. The molecule has 4 heterocycles. The molecule has 3 aromatic heterocycles. The van der Waals surface area contributed by atoms with E-state index in [4.69, 9.17) is 15.7 Å². The highest BCUT2D eigenvalue weighted by atomic mass is 16.2. The van der Waals surface area contributed by atoms with Crippen LogP contribution in [0.3, 0.4) is 0 Å². The predicted octanol–water partition coefficient (Wildman–Crippen LogP) is 3.48. The molecule has 1 aliphatic rings. The number of aryl methyl sites for hydroxylation is 1. The van der Waals surface area contributed by atoms with E-state index < -0.39 is 0 Å². The zero-order valence-electron chi connectivity index (χ0n) is 20.2. The summed E-state index contributed by atoms with van der Waals surface area (Å²) in [6.07, 6.45) is 0.964. The fraction of sp³-hybridized carbons (Fsp3) is 0.458. The Hall–Kier alpha value is -3.33. The van der Waals surface area contributed by atoms with Crippen LogP contribution in [0.2, 0.25) is 0 Å². The van der Waals surface area contributed by atoms with Crippen LogP contribution in [0.4, 0.5) is 11.6 Å². The molecule has 33 heavy (non-hydrogen) atoms. The van der Waals surface area contributed by atoms with E-state index in [1.165, 1.54) is 0 Å². The van der Waals surface area contributed by atoms with Gasteiger partial charge in [0.15, 0.2) is 5.82 Å². The number of carbonyl (C=O) groups excluding carboxylic acids is 1.